The average Bonchev–Trinajstić information content (AvgIpc) is 2.94. The van der Waals surface area contributed by atoms with Gasteiger partial charge in [0.25, 0.3) is 0 Å². The fourth-order valence-electron chi connectivity index (χ4n) is 2.38. The van der Waals surface area contributed by atoms with Gasteiger partial charge in [-0.1, -0.05) is 43.6 Å². The predicted octanol–water partition coefficient (Wildman–Crippen LogP) is 4.01. The highest BCUT2D eigenvalue weighted by Gasteiger charge is 2.32. The first kappa shape index (κ1) is 19.4. The van der Waals surface area contributed by atoms with Crippen molar-refractivity contribution in [1.29, 1.82) is 0 Å². The molecule has 0 aliphatic rings. The van der Waals surface area contributed by atoms with Crippen molar-refractivity contribution in [2.75, 3.05) is 0 Å². The van der Waals surface area contributed by atoms with E-state index in [4.69, 9.17) is 16.7 Å². The SMILES string of the molecule is CC(C)C(C)(CC(=O)O)NC(=O)Cc1csc(-c2ccccc2Cl)n1. The third-order valence-electron chi connectivity index (χ3n) is 4.22. The van der Waals surface area contributed by atoms with E-state index in [0.29, 0.717) is 10.7 Å². The topological polar surface area (TPSA) is 79.3 Å². The summed E-state index contributed by atoms with van der Waals surface area (Å²) in [5.74, 6) is -1.19. The van der Waals surface area contributed by atoms with Crippen LogP contribution in [0.1, 0.15) is 32.9 Å². The second-order valence-corrected chi connectivity index (χ2v) is 7.76. The molecule has 0 aliphatic carbocycles. The van der Waals surface area contributed by atoms with Gasteiger partial charge in [0.2, 0.25) is 5.91 Å². The van der Waals surface area contributed by atoms with Gasteiger partial charge in [-0.25, -0.2) is 4.98 Å². The van der Waals surface area contributed by atoms with E-state index in [1.807, 2.05) is 37.4 Å². The number of hydrogen-bond donors (Lipinski definition) is 2. The number of carbonyl (C=O) groups is 2. The highest BCUT2D eigenvalue weighted by Crippen LogP contribution is 2.30. The van der Waals surface area contributed by atoms with Crippen molar-refractivity contribution in [2.45, 2.75) is 39.2 Å². The number of rotatable bonds is 7. The molecule has 0 spiro atoms. The van der Waals surface area contributed by atoms with Gasteiger partial charge in [0.1, 0.15) is 5.01 Å². The second kappa shape index (κ2) is 7.97. The van der Waals surface area contributed by atoms with Crippen LogP contribution in [0.4, 0.5) is 0 Å². The molecule has 25 heavy (non-hydrogen) atoms. The molecule has 0 radical (unpaired) electrons. The average molecular weight is 381 g/mol. The van der Waals surface area contributed by atoms with E-state index < -0.39 is 11.5 Å². The van der Waals surface area contributed by atoms with E-state index in [-0.39, 0.29) is 24.7 Å². The Bertz CT molecular complexity index is 775. The number of aromatic nitrogens is 1. The number of carbonyl (C=O) groups excluding carboxylic acids is 1. The van der Waals surface area contributed by atoms with E-state index in [0.717, 1.165) is 10.6 Å². The van der Waals surface area contributed by atoms with Crippen LogP contribution in [0, 0.1) is 5.92 Å². The van der Waals surface area contributed by atoms with Crippen molar-refractivity contribution in [1.82, 2.24) is 10.3 Å². The number of hydrogen-bond acceptors (Lipinski definition) is 4. The van der Waals surface area contributed by atoms with E-state index >= 15 is 0 Å². The number of benzene rings is 1. The molecule has 2 aromatic rings. The summed E-state index contributed by atoms with van der Waals surface area (Å²) in [4.78, 5) is 27.9. The highest BCUT2D eigenvalue weighted by atomic mass is 35.5. The molecular weight excluding hydrogens is 360 g/mol. The van der Waals surface area contributed by atoms with Gasteiger partial charge in [-0.15, -0.1) is 11.3 Å². The quantitative estimate of drug-likeness (QED) is 0.760. The summed E-state index contributed by atoms with van der Waals surface area (Å²) in [6.07, 6.45) is -0.0266. The minimum Gasteiger partial charge on any atom is -0.481 e. The summed E-state index contributed by atoms with van der Waals surface area (Å²) in [5.41, 5.74) is 0.669. The molecule has 1 amide bonds. The molecule has 1 atom stereocenters. The van der Waals surface area contributed by atoms with Gasteiger partial charge >= 0.3 is 5.97 Å². The van der Waals surface area contributed by atoms with Gasteiger partial charge in [0.15, 0.2) is 0 Å². The largest absolute Gasteiger partial charge is 0.481 e. The van der Waals surface area contributed by atoms with Crippen molar-refractivity contribution in [3.63, 3.8) is 0 Å². The number of aliphatic carboxylic acids is 1. The number of nitrogens with one attached hydrogen (secondary N) is 1. The van der Waals surface area contributed by atoms with Crippen LogP contribution in [-0.2, 0) is 16.0 Å². The van der Waals surface area contributed by atoms with E-state index in [2.05, 4.69) is 10.3 Å². The summed E-state index contributed by atoms with van der Waals surface area (Å²) in [6.45, 7) is 5.53. The van der Waals surface area contributed by atoms with Gasteiger partial charge in [-0.05, 0) is 18.9 Å². The molecule has 134 valence electrons. The van der Waals surface area contributed by atoms with Crippen LogP contribution in [0.5, 0.6) is 0 Å². The summed E-state index contributed by atoms with van der Waals surface area (Å²) in [7, 11) is 0. The van der Waals surface area contributed by atoms with Crippen LogP contribution in [-0.4, -0.2) is 27.5 Å². The molecule has 1 unspecified atom stereocenters. The summed E-state index contributed by atoms with van der Waals surface area (Å²) < 4.78 is 0. The Morgan fingerprint density at radius 1 is 1.36 bits per heavy atom. The predicted molar refractivity (Wildman–Crippen MR) is 99.9 cm³/mol. The van der Waals surface area contributed by atoms with Gasteiger partial charge in [-0.2, -0.15) is 0 Å². The van der Waals surface area contributed by atoms with Crippen molar-refractivity contribution >= 4 is 34.8 Å². The molecule has 0 saturated carbocycles. The smallest absolute Gasteiger partial charge is 0.305 e. The first-order valence-electron chi connectivity index (χ1n) is 7.93. The lowest BCUT2D eigenvalue weighted by atomic mass is 9.85. The monoisotopic (exact) mass is 380 g/mol. The second-order valence-electron chi connectivity index (χ2n) is 6.49. The van der Waals surface area contributed by atoms with Crippen LogP contribution in [0.3, 0.4) is 0 Å². The molecule has 0 fully saturated rings. The van der Waals surface area contributed by atoms with Crippen LogP contribution in [0.2, 0.25) is 5.02 Å². The molecule has 0 aliphatic heterocycles. The third kappa shape index (κ3) is 5.03. The van der Waals surface area contributed by atoms with E-state index in [1.165, 1.54) is 11.3 Å². The molecule has 0 bridgehead atoms. The molecule has 0 saturated heterocycles. The molecule has 5 nitrogen and oxygen atoms in total. The zero-order valence-electron chi connectivity index (χ0n) is 14.4. The van der Waals surface area contributed by atoms with E-state index in [1.54, 1.807) is 13.0 Å². The maximum absolute atomic E-state index is 12.4. The number of thiazole rings is 1. The summed E-state index contributed by atoms with van der Waals surface area (Å²) >= 11 is 7.60. The Morgan fingerprint density at radius 3 is 2.64 bits per heavy atom. The molecule has 7 heteroatoms. The fourth-order valence-corrected chi connectivity index (χ4v) is 3.52. The Morgan fingerprint density at radius 2 is 2.04 bits per heavy atom. The van der Waals surface area contributed by atoms with Gasteiger partial charge in [0.05, 0.1) is 23.6 Å². The number of carboxylic acid groups (broad SMARTS) is 1. The van der Waals surface area contributed by atoms with Gasteiger partial charge in [0, 0.05) is 16.5 Å². The van der Waals surface area contributed by atoms with Crippen LogP contribution in [0.15, 0.2) is 29.6 Å². The highest BCUT2D eigenvalue weighted by molar-refractivity contribution is 7.13. The van der Waals surface area contributed by atoms with Crippen LogP contribution < -0.4 is 5.32 Å². The minimum absolute atomic E-state index is 0.0123. The normalized spacial score (nSPS) is 13.5. The zero-order valence-corrected chi connectivity index (χ0v) is 15.9. The first-order valence-corrected chi connectivity index (χ1v) is 9.19. The summed E-state index contributed by atoms with van der Waals surface area (Å²) in [6, 6.07) is 7.41. The van der Waals surface area contributed by atoms with Crippen molar-refractivity contribution in [3.05, 3.63) is 40.4 Å². The lowest BCUT2D eigenvalue weighted by Gasteiger charge is -2.33. The molecule has 1 aromatic heterocycles. The van der Waals surface area contributed by atoms with Crippen LogP contribution in [0.25, 0.3) is 10.6 Å². The standard InChI is InChI=1S/C18H21ClN2O3S/c1-11(2)18(3,9-16(23)24)21-15(22)8-12-10-25-17(20-12)13-6-4-5-7-14(13)19/h4-7,10-11H,8-9H2,1-3H3,(H,21,22)(H,23,24). The van der Waals surface area contributed by atoms with E-state index in [9.17, 15) is 9.59 Å². The lowest BCUT2D eigenvalue weighted by Crippen LogP contribution is -2.51. The number of nitrogens with zero attached hydrogens (tertiary/aromatic N) is 1. The maximum Gasteiger partial charge on any atom is 0.305 e. The van der Waals surface area contributed by atoms with Gasteiger partial charge < -0.3 is 10.4 Å². The molecule has 2 N–H and O–H groups in total. The lowest BCUT2D eigenvalue weighted by molar-refractivity contribution is -0.139. The van der Waals surface area contributed by atoms with Crippen LogP contribution >= 0.6 is 22.9 Å². The Labute approximate surface area is 156 Å². The third-order valence-corrected chi connectivity index (χ3v) is 5.47. The number of carboxylic acids is 1. The molecule has 1 heterocycles. The zero-order chi connectivity index (χ0) is 18.6. The molecule has 2 rings (SSSR count). The van der Waals surface area contributed by atoms with Crippen molar-refractivity contribution in [2.24, 2.45) is 5.92 Å². The Hall–Kier alpha value is -1.92. The maximum atomic E-state index is 12.4. The summed E-state index contributed by atoms with van der Waals surface area (Å²) in [5, 5.41) is 15.1. The van der Waals surface area contributed by atoms with Gasteiger partial charge in [-0.3, -0.25) is 9.59 Å². The fraction of sp³-hybridized carbons (Fsp3) is 0.389. The Balaban J connectivity index is 2.09. The number of amides is 1. The molecular formula is C18H21ClN2O3S. The first-order chi connectivity index (χ1) is 11.7. The molecule has 1 aromatic carbocycles. The van der Waals surface area contributed by atoms with Crippen molar-refractivity contribution < 1.29 is 14.7 Å². The van der Waals surface area contributed by atoms with Crippen molar-refractivity contribution in [3.8, 4) is 10.6 Å². The number of halogens is 1. The Kier molecular flexibility index (Phi) is 6.19. The minimum atomic E-state index is -0.939.